The van der Waals surface area contributed by atoms with Crippen LogP contribution in [0.25, 0.3) is 11.0 Å². The van der Waals surface area contributed by atoms with Gasteiger partial charge in [0, 0.05) is 88.0 Å². The summed E-state index contributed by atoms with van der Waals surface area (Å²) in [5.41, 5.74) is 3.48. The normalized spacial score (nSPS) is 20.9. The number of amides is 1. The van der Waals surface area contributed by atoms with E-state index in [-0.39, 0.29) is 57.2 Å². The summed E-state index contributed by atoms with van der Waals surface area (Å²) in [6.07, 6.45) is 8.72. The number of halogens is 1. The lowest BCUT2D eigenvalue weighted by molar-refractivity contribution is -0.384. The Morgan fingerprint density at radius 1 is 0.924 bits per heavy atom. The highest BCUT2D eigenvalue weighted by Gasteiger charge is 2.50. The van der Waals surface area contributed by atoms with Crippen molar-refractivity contribution < 1.29 is 46.6 Å². The number of nitrogens with one attached hydrogen (secondary N) is 3. The molecule has 4 fully saturated rings. The molecule has 4 aliphatic rings. The first kappa shape index (κ1) is 55.3. The van der Waals surface area contributed by atoms with Gasteiger partial charge in [-0.25, -0.2) is 22.5 Å². The summed E-state index contributed by atoms with van der Waals surface area (Å²) < 4.78 is 67.9. The van der Waals surface area contributed by atoms with Crippen molar-refractivity contribution in [2.75, 3.05) is 70.8 Å². The second-order valence-corrected chi connectivity index (χ2v) is 24.1. The van der Waals surface area contributed by atoms with E-state index in [1.54, 1.807) is 33.3 Å². The largest absolute Gasteiger partial charge is 0.493 e. The van der Waals surface area contributed by atoms with Crippen molar-refractivity contribution in [2.24, 2.45) is 11.3 Å². The van der Waals surface area contributed by atoms with Gasteiger partial charge in [-0.3, -0.25) is 24.7 Å². The Labute approximate surface area is 460 Å². The highest BCUT2D eigenvalue weighted by Crippen LogP contribution is 2.54. The number of piperidine rings is 1. The van der Waals surface area contributed by atoms with E-state index in [1.807, 2.05) is 6.07 Å². The zero-order valence-corrected chi connectivity index (χ0v) is 46.4. The van der Waals surface area contributed by atoms with Crippen LogP contribution in [0, 0.1) is 27.3 Å². The number of aromatic nitrogens is 3. The number of hydrogen-bond acceptors (Lipinski definition) is 16. The number of ether oxygens (including phenoxy) is 4. The molecule has 3 aromatic heterocycles. The second-order valence-electron chi connectivity index (χ2n) is 22.4. The molecule has 1 spiro atoms. The standard InChI is InChI=1S/C58H70FN9O10S/c1-36(2)42-9-7-8-10-43(42)48-35-65(34-38-11-14-49(75-4)51(25-38)76-5)23-24-67(48)40-29-58(30-40)19-21-66(22-20-58)39-12-13-44(50(26-39)78-52-28-45-46(59)33-62-53(45)63-56(52)77-6)55(69)64-79(73,74)41-27-47(68(71)72)54(61-32-41)60-31-37-15-17-57(3,70)18-16-37/h7-14,25-28,32-33,36-37,40,48,70H,15-24,29-31,34-35H2,1-6H3,(H,60,61)(H,62,63)(H,64,69)/t37?,48-,57?/m0/s1. The number of carbonyl (C=O) groups excluding carboxylic acids is 1. The van der Waals surface area contributed by atoms with Crippen LogP contribution in [0.1, 0.15) is 111 Å². The number of H-pyrrole nitrogens is 1. The van der Waals surface area contributed by atoms with Gasteiger partial charge in [-0.15, -0.1) is 0 Å². The third-order valence-corrected chi connectivity index (χ3v) is 18.1. The number of piperazine rings is 1. The van der Waals surface area contributed by atoms with Crippen LogP contribution >= 0.6 is 0 Å². The third-order valence-electron chi connectivity index (χ3n) is 16.8. The molecule has 2 saturated heterocycles. The number of carbonyl (C=O) groups is 1. The zero-order valence-electron chi connectivity index (χ0n) is 45.6. The van der Waals surface area contributed by atoms with Gasteiger partial charge < -0.3 is 39.3 Å². The fraction of sp³-hybridized carbons (Fsp3) is 0.466. The summed E-state index contributed by atoms with van der Waals surface area (Å²) in [6, 6.07) is 22.8. The molecule has 2 aliphatic heterocycles. The highest BCUT2D eigenvalue weighted by molar-refractivity contribution is 7.90. The Kier molecular flexibility index (Phi) is 15.8. The number of hydrogen-bond donors (Lipinski definition) is 4. The predicted octanol–water partition coefficient (Wildman–Crippen LogP) is 9.73. The Morgan fingerprint density at radius 3 is 2.38 bits per heavy atom. The number of nitro groups is 1. The number of nitrogens with zero attached hydrogens (tertiary/aromatic N) is 6. The monoisotopic (exact) mass is 1100 g/mol. The van der Waals surface area contributed by atoms with Gasteiger partial charge in [0.25, 0.3) is 21.8 Å². The lowest BCUT2D eigenvalue weighted by Crippen LogP contribution is -2.60. The van der Waals surface area contributed by atoms with Crippen molar-refractivity contribution in [3.63, 3.8) is 0 Å². The lowest BCUT2D eigenvalue weighted by atomic mass is 9.59. The SMILES string of the molecule is COc1ccc(CN2CCN(C3CC4(CCN(c5ccc(C(=O)NS(=O)(=O)c6cnc(NCC7CCC(C)(O)CC7)c([N+](=O)[O-])c6)c(Oc6cc7c(F)c[nH]c7nc6OC)c5)CC4)C3)[C@H](c3ccccc3C(C)C)C2)cc1OC. The van der Waals surface area contributed by atoms with E-state index in [1.165, 1.54) is 35.9 Å². The Morgan fingerprint density at radius 2 is 1.67 bits per heavy atom. The van der Waals surface area contributed by atoms with Gasteiger partial charge in [0.1, 0.15) is 22.1 Å². The Bertz CT molecular complexity index is 3330. The maximum Gasteiger partial charge on any atom is 0.312 e. The fourth-order valence-electron chi connectivity index (χ4n) is 12.2. The molecule has 5 heterocycles. The average Bonchev–Trinajstić information content (AvgIpc) is 3.93. The van der Waals surface area contributed by atoms with E-state index in [0.29, 0.717) is 49.9 Å². The molecular weight excluding hydrogens is 1030 g/mol. The Balaban J connectivity index is 0.856. The number of aliphatic hydroxyl groups is 1. The summed E-state index contributed by atoms with van der Waals surface area (Å²) in [6.45, 7) is 11.7. The van der Waals surface area contributed by atoms with Gasteiger partial charge in [0.05, 0.1) is 49.0 Å². The first-order valence-corrected chi connectivity index (χ1v) is 28.6. The zero-order chi connectivity index (χ0) is 55.8. The van der Waals surface area contributed by atoms with E-state index >= 15 is 0 Å². The van der Waals surface area contributed by atoms with Gasteiger partial charge >= 0.3 is 5.69 Å². The molecule has 2 aliphatic carbocycles. The van der Waals surface area contributed by atoms with Gasteiger partial charge in [0.2, 0.25) is 5.82 Å². The molecule has 2 saturated carbocycles. The molecule has 1 atom stereocenters. The number of rotatable bonds is 18. The topological polar surface area (TPSA) is 227 Å². The molecule has 79 heavy (non-hydrogen) atoms. The predicted molar refractivity (Wildman–Crippen MR) is 297 cm³/mol. The summed E-state index contributed by atoms with van der Waals surface area (Å²) in [5, 5.41) is 25.7. The first-order chi connectivity index (χ1) is 37.8. The number of pyridine rings is 2. The van der Waals surface area contributed by atoms with Gasteiger partial charge in [-0.2, -0.15) is 4.98 Å². The number of sulfonamides is 1. The van der Waals surface area contributed by atoms with Crippen LogP contribution in [-0.2, 0) is 16.6 Å². The number of methoxy groups -OCH3 is 3. The molecule has 3 aromatic carbocycles. The van der Waals surface area contributed by atoms with E-state index < -0.39 is 42.9 Å². The van der Waals surface area contributed by atoms with Crippen LogP contribution in [0.3, 0.4) is 0 Å². The van der Waals surface area contributed by atoms with Crippen molar-refractivity contribution in [1.29, 1.82) is 0 Å². The first-order valence-electron chi connectivity index (χ1n) is 27.1. The average molecular weight is 1100 g/mol. The molecule has 10 rings (SSSR count). The van der Waals surface area contributed by atoms with Gasteiger partial charge in [0.15, 0.2) is 17.2 Å². The van der Waals surface area contributed by atoms with Crippen LogP contribution in [0.2, 0.25) is 0 Å². The van der Waals surface area contributed by atoms with Gasteiger partial charge in [-0.1, -0.05) is 44.2 Å². The summed E-state index contributed by atoms with van der Waals surface area (Å²) in [7, 11) is -0.0647. The van der Waals surface area contributed by atoms with Crippen LogP contribution < -0.4 is 33.9 Å². The molecular formula is C58H70FN9O10S. The molecule has 21 heteroatoms. The van der Waals surface area contributed by atoms with Crippen molar-refractivity contribution in [3.8, 4) is 28.9 Å². The van der Waals surface area contributed by atoms with Crippen LogP contribution in [-0.4, -0.2) is 121 Å². The molecule has 0 unspecified atom stereocenters. The Hall–Kier alpha value is -7.07. The fourth-order valence-corrected chi connectivity index (χ4v) is 13.2. The minimum absolute atomic E-state index is 0.0186. The molecule has 4 N–H and O–H groups in total. The van der Waals surface area contributed by atoms with Crippen LogP contribution in [0.15, 0.2) is 90.1 Å². The molecule has 6 aromatic rings. The van der Waals surface area contributed by atoms with Crippen LogP contribution in [0.5, 0.6) is 28.9 Å². The summed E-state index contributed by atoms with van der Waals surface area (Å²) >= 11 is 0. The van der Waals surface area contributed by atoms with Crippen molar-refractivity contribution in [1.82, 2.24) is 29.5 Å². The van der Waals surface area contributed by atoms with Crippen molar-refractivity contribution >= 4 is 44.2 Å². The number of aromatic amines is 1. The van der Waals surface area contributed by atoms with E-state index in [4.69, 9.17) is 18.9 Å². The van der Waals surface area contributed by atoms with Crippen LogP contribution in [0.4, 0.5) is 21.6 Å². The van der Waals surface area contributed by atoms with E-state index in [9.17, 15) is 32.8 Å². The smallest absolute Gasteiger partial charge is 0.312 e. The van der Waals surface area contributed by atoms with E-state index in [0.717, 1.165) is 94.8 Å². The molecule has 420 valence electrons. The minimum atomic E-state index is -4.75. The van der Waals surface area contributed by atoms with Gasteiger partial charge in [-0.05, 0) is 116 Å². The molecule has 0 bridgehead atoms. The molecule has 19 nitrogen and oxygen atoms in total. The third kappa shape index (κ3) is 11.8. The minimum Gasteiger partial charge on any atom is -0.493 e. The second kappa shape index (κ2) is 22.6. The number of benzene rings is 3. The number of fused-ring (bicyclic) bond motifs is 1. The quantitative estimate of drug-likeness (QED) is 0.0464. The lowest BCUT2D eigenvalue weighted by Gasteiger charge is -2.58. The number of anilines is 2. The maximum absolute atomic E-state index is 14.9. The summed E-state index contributed by atoms with van der Waals surface area (Å²) in [5.74, 6) is 0.0270. The highest BCUT2D eigenvalue weighted by atomic mass is 32.2. The maximum atomic E-state index is 14.9. The molecule has 0 radical (unpaired) electrons. The van der Waals surface area contributed by atoms with Crippen molar-refractivity contribution in [2.45, 2.75) is 107 Å². The van der Waals surface area contributed by atoms with Crippen molar-refractivity contribution in [3.05, 3.63) is 123 Å². The summed E-state index contributed by atoms with van der Waals surface area (Å²) in [4.78, 5) is 43.9. The van der Waals surface area contributed by atoms with E-state index in [2.05, 4.69) is 89.9 Å². The molecule has 1 amide bonds.